The molecule has 0 aliphatic carbocycles. The molecule has 0 heterocycles. The molecule has 0 spiro atoms. The van der Waals surface area contributed by atoms with Gasteiger partial charge in [0.1, 0.15) is 5.41 Å². The van der Waals surface area contributed by atoms with E-state index in [0.29, 0.717) is 0 Å². The van der Waals surface area contributed by atoms with E-state index >= 15 is 0 Å². The molecule has 16 heavy (non-hydrogen) atoms. The number of thiol groups is 1. The van der Waals surface area contributed by atoms with E-state index < -0.39 is 11.4 Å². The fraction of sp³-hybridized carbons (Fsp3) is 0.333. The minimum Gasteiger partial charge on any atom is -0.480 e. The summed E-state index contributed by atoms with van der Waals surface area (Å²) in [5, 5.41) is 9.14. The van der Waals surface area contributed by atoms with Crippen LogP contribution in [0.25, 0.3) is 0 Å². The second-order valence-corrected chi connectivity index (χ2v) is 4.20. The topological polar surface area (TPSA) is 54.4 Å². The molecular formula is C12H14O3S. The minimum atomic E-state index is -1.39. The lowest BCUT2D eigenvalue weighted by atomic mass is 9.80. The molecule has 1 unspecified atom stereocenters. The normalized spacial score (nSPS) is 14.1. The first-order chi connectivity index (χ1) is 7.50. The van der Waals surface area contributed by atoms with Crippen LogP contribution in [0.15, 0.2) is 30.3 Å². The molecule has 0 aliphatic rings. The molecule has 1 atom stereocenters. The molecule has 0 aromatic heterocycles. The third-order valence-electron chi connectivity index (χ3n) is 2.63. The van der Waals surface area contributed by atoms with Gasteiger partial charge in [0.05, 0.1) is 5.75 Å². The number of hydrogen-bond acceptors (Lipinski definition) is 3. The van der Waals surface area contributed by atoms with Crippen LogP contribution in [-0.2, 0) is 16.0 Å². The molecule has 0 bridgehead atoms. The highest BCUT2D eigenvalue weighted by atomic mass is 32.1. The maximum absolute atomic E-state index is 11.6. The highest BCUT2D eigenvalue weighted by Gasteiger charge is 2.39. The molecule has 86 valence electrons. The highest BCUT2D eigenvalue weighted by Crippen LogP contribution is 2.24. The van der Waals surface area contributed by atoms with E-state index in [1.807, 2.05) is 30.3 Å². The Kier molecular flexibility index (Phi) is 4.12. The van der Waals surface area contributed by atoms with E-state index in [-0.39, 0.29) is 18.0 Å². The van der Waals surface area contributed by atoms with Crippen molar-refractivity contribution in [2.45, 2.75) is 13.3 Å². The summed E-state index contributed by atoms with van der Waals surface area (Å²) in [6, 6.07) is 9.12. The van der Waals surface area contributed by atoms with Crippen LogP contribution >= 0.6 is 12.6 Å². The summed E-state index contributed by atoms with van der Waals surface area (Å²) in [6.07, 6.45) is 0.197. The standard InChI is InChI=1S/C12H14O3S/c1-12(11(14)15,10(13)8-16)7-9-5-3-2-4-6-9/h2-6,16H,7-8H2,1H3,(H,14,15). The molecule has 1 aromatic carbocycles. The summed E-state index contributed by atoms with van der Waals surface area (Å²) in [6.45, 7) is 1.45. The first-order valence-electron chi connectivity index (χ1n) is 4.92. The third-order valence-corrected chi connectivity index (χ3v) is 2.92. The lowest BCUT2D eigenvalue weighted by molar-refractivity contribution is -0.152. The van der Waals surface area contributed by atoms with Crippen molar-refractivity contribution < 1.29 is 14.7 Å². The summed E-state index contributed by atoms with van der Waals surface area (Å²) in [7, 11) is 0. The van der Waals surface area contributed by atoms with Gasteiger partial charge < -0.3 is 5.11 Å². The van der Waals surface area contributed by atoms with Gasteiger partial charge in [-0.25, -0.2) is 0 Å². The summed E-state index contributed by atoms with van der Waals surface area (Å²) in [4.78, 5) is 22.8. The van der Waals surface area contributed by atoms with Crippen molar-refractivity contribution in [2.75, 3.05) is 5.75 Å². The average molecular weight is 238 g/mol. The number of Topliss-reactive ketones (excluding diaryl/α,β-unsaturated/α-hetero) is 1. The largest absolute Gasteiger partial charge is 0.480 e. The van der Waals surface area contributed by atoms with Gasteiger partial charge in [0, 0.05) is 0 Å². The highest BCUT2D eigenvalue weighted by molar-refractivity contribution is 7.81. The van der Waals surface area contributed by atoms with Gasteiger partial charge in [0.15, 0.2) is 5.78 Å². The Morgan fingerprint density at radius 2 is 1.88 bits per heavy atom. The predicted molar refractivity (Wildman–Crippen MR) is 64.7 cm³/mol. The maximum atomic E-state index is 11.6. The smallest absolute Gasteiger partial charge is 0.317 e. The quantitative estimate of drug-likeness (QED) is 0.607. The molecule has 3 nitrogen and oxygen atoms in total. The summed E-state index contributed by atoms with van der Waals surface area (Å²) in [5.74, 6) is -1.53. The van der Waals surface area contributed by atoms with Crippen LogP contribution in [-0.4, -0.2) is 22.6 Å². The van der Waals surface area contributed by atoms with Gasteiger partial charge in [-0.3, -0.25) is 9.59 Å². The molecule has 0 fully saturated rings. The number of carboxylic acid groups (broad SMARTS) is 1. The third kappa shape index (κ3) is 2.64. The van der Waals surface area contributed by atoms with Crippen molar-refractivity contribution in [3.8, 4) is 0 Å². The number of ketones is 1. The number of benzene rings is 1. The molecule has 0 aliphatic heterocycles. The fourth-order valence-corrected chi connectivity index (χ4v) is 1.82. The van der Waals surface area contributed by atoms with Crippen LogP contribution < -0.4 is 0 Å². The van der Waals surface area contributed by atoms with Gasteiger partial charge in [0.25, 0.3) is 0 Å². The van der Waals surface area contributed by atoms with Crippen LogP contribution in [0, 0.1) is 5.41 Å². The van der Waals surface area contributed by atoms with Crippen LogP contribution in [0.2, 0.25) is 0 Å². The zero-order chi connectivity index (χ0) is 12.2. The van der Waals surface area contributed by atoms with Gasteiger partial charge in [-0.1, -0.05) is 30.3 Å². The molecule has 0 radical (unpaired) electrons. The van der Waals surface area contributed by atoms with E-state index in [9.17, 15) is 9.59 Å². The van der Waals surface area contributed by atoms with Crippen LogP contribution in [0.5, 0.6) is 0 Å². The first kappa shape index (κ1) is 12.8. The second kappa shape index (κ2) is 5.16. The molecule has 1 rings (SSSR count). The molecule has 1 aromatic rings. The number of carbonyl (C=O) groups is 2. The van der Waals surface area contributed by atoms with Crippen molar-refractivity contribution in [3.05, 3.63) is 35.9 Å². The van der Waals surface area contributed by atoms with E-state index in [0.717, 1.165) is 5.56 Å². The fourth-order valence-electron chi connectivity index (χ4n) is 1.47. The number of hydrogen-bond donors (Lipinski definition) is 2. The lowest BCUT2D eigenvalue weighted by Gasteiger charge is -2.22. The van der Waals surface area contributed by atoms with Crippen molar-refractivity contribution in [1.29, 1.82) is 0 Å². The molecule has 4 heteroatoms. The summed E-state index contributed by atoms with van der Waals surface area (Å²) in [5.41, 5.74) is -0.550. The van der Waals surface area contributed by atoms with Crippen LogP contribution in [0.1, 0.15) is 12.5 Å². The number of carbonyl (C=O) groups excluding carboxylic acids is 1. The van der Waals surface area contributed by atoms with Crippen molar-refractivity contribution >= 4 is 24.4 Å². The Morgan fingerprint density at radius 1 is 1.31 bits per heavy atom. The molecule has 1 N–H and O–H groups in total. The molecule has 0 amide bonds. The minimum absolute atomic E-state index is 0.0599. The van der Waals surface area contributed by atoms with Crippen molar-refractivity contribution in [1.82, 2.24) is 0 Å². The van der Waals surface area contributed by atoms with Gasteiger partial charge >= 0.3 is 5.97 Å². The van der Waals surface area contributed by atoms with Crippen LogP contribution in [0.4, 0.5) is 0 Å². The monoisotopic (exact) mass is 238 g/mol. The van der Waals surface area contributed by atoms with Gasteiger partial charge in [-0.05, 0) is 18.9 Å². The Morgan fingerprint density at radius 3 is 2.31 bits per heavy atom. The van der Waals surface area contributed by atoms with E-state index in [4.69, 9.17) is 5.11 Å². The number of aliphatic carboxylic acids is 1. The Balaban J connectivity index is 2.97. The predicted octanol–water partition coefficient (Wildman–Crippen LogP) is 1.82. The van der Waals surface area contributed by atoms with E-state index in [1.165, 1.54) is 6.92 Å². The van der Waals surface area contributed by atoms with Crippen molar-refractivity contribution in [2.24, 2.45) is 5.41 Å². The molecule has 0 saturated heterocycles. The zero-order valence-corrected chi connectivity index (χ0v) is 9.91. The lowest BCUT2D eigenvalue weighted by Crippen LogP contribution is -2.39. The molecule has 0 saturated carbocycles. The molecular weight excluding hydrogens is 224 g/mol. The first-order valence-corrected chi connectivity index (χ1v) is 5.55. The Bertz CT molecular complexity index is 389. The number of rotatable bonds is 5. The Hall–Kier alpha value is -1.29. The van der Waals surface area contributed by atoms with Gasteiger partial charge in [-0.2, -0.15) is 12.6 Å². The maximum Gasteiger partial charge on any atom is 0.317 e. The van der Waals surface area contributed by atoms with E-state index in [1.54, 1.807) is 0 Å². The Labute approximate surface area is 99.9 Å². The average Bonchev–Trinajstić information content (AvgIpc) is 2.28. The zero-order valence-electron chi connectivity index (χ0n) is 9.01. The van der Waals surface area contributed by atoms with Crippen molar-refractivity contribution in [3.63, 3.8) is 0 Å². The van der Waals surface area contributed by atoms with E-state index in [2.05, 4.69) is 12.6 Å². The number of carboxylic acids is 1. The van der Waals surface area contributed by atoms with Gasteiger partial charge in [0.2, 0.25) is 0 Å². The second-order valence-electron chi connectivity index (χ2n) is 3.88. The van der Waals surface area contributed by atoms with Crippen LogP contribution in [0.3, 0.4) is 0 Å². The SMILES string of the molecule is CC(Cc1ccccc1)(C(=O)O)C(=O)CS. The summed E-state index contributed by atoms with van der Waals surface area (Å²) >= 11 is 3.86. The van der Waals surface area contributed by atoms with Gasteiger partial charge in [-0.15, -0.1) is 0 Å². The summed E-state index contributed by atoms with van der Waals surface area (Å²) < 4.78 is 0.